The summed E-state index contributed by atoms with van der Waals surface area (Å²) >= 11 is -0.836. The van der Waals surface area contributed by atoms with Gasteiger partial charge in [0.05, 0.1) is 0 Å². The summed E-state index contributed by atoms with van der Waals surface area (Å²) in [6.45, 7) is 0. The van der Waals surface area contributed by atoms with Gasteiger partial charge in [0.2, 0.25) is 0 Å². The summed E-state index contributed by atoms with van der Waals surface area (Å²) in [5.74, 6) is 0. The van der Waals surface area contributed by atoms with E-state index < -0.39 is 19.8 Å². The van der Waals surface area contributed by atoms with Crippen LogP contribution in [0.25, 0.3) is 0 Å². The molecule has 0 atom stereocenters. The normalized spacial score (nSPS) is 24.4. The summed E-state index contributed by atoms with van der Waals surface area (Å²) in [6.07, 6.45) is 10.9. The molecule has 9 heavy (non-hydrogen) atoms. The van der Waals surface area contributed by atoms with Crippen molar-refractivity contribution < 1.29 is 0 Å². The maximum absolute atomic E-state index is 2.36. The van der Waals surface area contributed by atoms with E-state index in [1.54, 1.807) is 3.58 Å². The molecule has 0 unspecified atom stereocenters. The molecule has 0 saturated heterocycles. The molecule has 0 spiro atoms. The Morgan fingerprint density at radius 3 is 2.78 bits per heavy atom. The fourth-order valence-electron chi connectivity index (χ4n) is 0.863. The fourth-order valence-corrected chi connectivity index (χ4v) is 4.52. The predicted octanol–water partition coefficient (Wildman–Crippen LogP) is 2.99. The molecule has 0 saturated carbocycles. The topological polar surface area (TPSA) is 0 Å². The van der Waals surface area contributed by atoms with E-state index in [1.165, 1.54) is 0 Å². The van der Waals surface area contributed by atoms with Gasteiger partial charge in [0.1, 0.15) is 0 Å². The van der Waals surface area contributed by atoms with Crippen molar-refractivity contribution in [2.75, 3.05) is 0 Å². The molecule has 0 nitrogen and oxygen atoms in total. The van der Waals surface area contributed by atoms with E-state index in [-0.39, 0.29) is 0 Å². The Kier molecular flexibility index (Phi) is 1.30. The maximum atomic E-state index is 2.36. The Morgan fingerprint density at radius 1 is 1.00 bits per heavy atom. The van der Waals surface area contributed by atoms with Crippen molar-refractivity contribution in [3.63, 3.8) is 0 Å². The third kappa shape index (κ3) is 0.894. The zero-order chi connectivity index (χ0) is 6.10. The molecule has 0 radical (unpaired) electrons. The van der Waals surface area contributed by atoms with Crippen molar-refractivity contribution in [3.8, 4) is 0 Å². The molecule has 0 aromatic carbocycles. The quantitative estimate of drug-likeness (QED) is 0.561. The third-order valence-electron chi connectivity index (χ3n) is 1.29. The first-order valence-corrected chi connectivity index (χ1v) is 6.44. The van der Waals surface area contributed by atoms with Crippen LogP contribution in [0, 0.1) is 0 Å². The van der Waals surface area contributed by atoms with Crippen molar-refractivity contribution in [1.82, 2.24) is 0 Å². The molecule has 0 fully saturated rings. The van der Waals surface area contributed by atoms with Gasteiger partial charge >= 0.3 is 61.9 Å². The number of hydrogen-bond acceptors (Lipinski definition) is 0. The van der Waals surface area contributed by atoms with Gasteiger partial charge in [-0.1, -0.05) is 0 Å². The predicted molar refractivity (Wildman–Crippen MR) is 49.5 cm³/mol. The van der Waals surface area contributed by atoms with Crippen LogP contribution in [0.1, 0.15) is 0 Å². The van der Waals surface area contributed by atoms with Gasteiger partial charge in [0.15, 0.2) is 0 Å². The first-order chi connectivity index (χ1) is 4.47. The van der Waals surface area contributed by atoms with Gasteiger partial charge in [-0.3, -0.25) is 0 Å². The first-order valence-electron chi connectivity index (χ1n) is 2.87. The average Bonchev–Trinajstić information content (AvgIpc) is 2.33. The number of fused-ring (bicyclic) bond motifs is 1. The molecular weight excluding hydrogens is 223 g/mol. The van der Waals surface area contributed by atoms with Crippen LogP contribution >= 0.6 is 19.8 Å². The molecule has 46 valence electrons. The van der Waals surface area contributed by atoms with Gasteiger partial charge in [-0.25, -0.2) is 0 Å². The molecule has 0 aliphatic carbocycles. The molecule has 2 heterocycles. The van der Waals surface area contributed by atoms with E-state index in [9.17, 15) is 0 Å². The van der Waals surface area contributed by atoms with Gasteiger partial charge in [0.25, 0.3) is 0 Å². The van der Waals surface area contributed by atoms with Crippen LogP contribution in [0.4, 0.5) is 0 Å². The number of allylic oxidation sites excluding steroid dienone is 6. The van der Waals surface area contributed by atoms with Crippen LogP contribution in [0.3, 0.4) is 0 Å². The third-order valence-corrected chi connectivity index (χ3v) is 5.83. The standard InChI is InChI=1S/C8H7I/c1-2-6-9-7-3-5-8(9)4-1/h1-7H. The molecule has 1 heteroatoms. The minimum atomic E-state index is -0.836. The number of rotatable bonds is 0. The van der Waals surface area contributed by atoms with E-state index in [0.29, 0.717) is 0 Å². The van der Waals surface area contributed by atoms with Crippen LogP contribution in [-0.2, 0) is 0 Å². The minimum absolute atomic E-state index is 0.836. The second-order valence-corrected chi connectivity index (χ2v) is 6.54. The molecule has 0 amide bonds. The van der Waals surface area contributed by atoms with Crippen LogP contribution in [-0.4, -0.2) is 0 Å². The Bertz CT molecular complexity index is 231. The second kappa shape index (κ2) is 2.14. The van der Waals surface area contributed by atoms with Gasteiger partial charge in [0, 0.05) is 0 Å². The molecule has 0 bridgehead atoms. The molecule has 0 N–H and O–H groups in total. The summed E-state index contributed by atoms with van der Waals surface area (Å²) in [5, 5.41) is 0. The zero-order valence-corrected chi connectivity index (χ0v) is 7.08. The van der Waals surface area contributed by atoms with Crippen molar-refractivity contribution >= 4 is 19.8 Å². The van der Waals surface area contributed by atoms with Crippen LogP contribution in [0.2, 0.25) is 0 Å². The monoisotopic (exact) mass is 230 g/mol. The number of hydrogen-bond donors (Lipinski definition) is 0. The summed E-state index contributed by atoms with van der Waals surface area (Å²) in [6, 6.07) is 0. The van der Waals surface area contributed by atoms with E-state index in [4.69, 9.17) is 0 Å². The van der Waals surface area contributed by atoms with Crippen molar-refractivity contribution in [2.24, 2.45) is 0 Å². The summed E-state index contributed by atoms with van der Waals surface area (Å²) in [7, 11) is 0. The zero-order valence-electron chi connectivity index (χ0n) is 4.92. The Labute approximate surface area is 62.0 Å². The van der Waals surface area contributed by atoms with Crippen molar-refractivity contribution in [2.45, 2.75) is 0 Å². The van der Waals surface area contributed by atoms with Crippen LogP contribution in [0.15, 0.2) is 42.1 Å². The molecule has 2 aliphatic rings. The SMILES string of the molecule is C1=CC2=CC=CI2C=C1. The van der Waals surface area contributed by atoms with E-state index >= 15 is 0 Å². The molecular formula is C8H7I. The average molecular weight is 230 g/mol. The summed E-state index contributed by atoms with van der Waals surface area (Å²) in [4.78, 5) is 0. The molecule has 0 aromatic rings. The number of halogens is 1. The molecule has 0 aromatic heterocycles. The van der Waals surface area contributed by atoms with Gasteiger partial charge in [-0.15, -0.1) is 0 Å². The van der Waals surface area contributed by atoms with Crippen molar-refractivity contribution in [1.29, 1.82) is 0 Å². The van der Waals surface area contributed by atoms with Crippen LogP contribution < -0.4 is 0 Å². The van der Waals surface area contributed by atoms with Gasteiger partial charge in [-0.05, 0) is 0 Å². The second-order valence-electron chi connectivity index (χ2n) is 1.89. The summed E-state index contributed by atoms with van der Waals surface area (Å²) < 4.78 is 6.29. The van der Waals surface area contributed by atoms with E-state index in [2.05, 4.69) is 38.5 Å². The van der Waals surface area contributed by atoms with Gasteiger partial charge < -0.3 is 0 Å². The van der Waals surface area contributed by atoms with Crippen molar-refractivity contribution in [3.05, 3.63) is 42.1 Å². The molecule has 2 rings (SSSR count). The van der Waals surface area contributed by atoms with E-state index in [0.717, 1.165) is 0 Å². The van der Waals surface area contributed by atoms with Gasteiger partial charge in [-0.2, -0.15) is 0 Å². The molecule has 2 aliphatic heterocycles. The van der Waals surface area contributed by atoms with E-state index in [1.807, 2.05) is 0 Å². The Hall–Kier alpha value is -0.310. The first kappa shape index (κ1) is 5.47. The van der Waals surface area contributed by atoms with Crippen LogP contribution in [0.5, 0.6) is 0 Å². The summed E-state index contributed by atoms with van der Waals surface area (Å²) in [5.41, 5.74) is 0. The Balaban J connectivity index is 2.40. The Morgan fingerprint density at radius 2 is 1.89 bits per heavy atom. The fraction of sp³-hybridized carbons (Fsp3) is 0.